The zero-order valence-corrected chi connectivity index (χ0v) is 11.0. The minimum absolute atomic E-state index is 0.113. The Morgan fingerprint density at radius 3 is 2.78 bits per heavy atom. The van der Waals surface area contributed by atoms with Gasteiger partial charge in [0.1, 0.15) is 0 Å². The topological polar surface area (TPSA) is 64.3 Å². The van der Waals surface area contributed by atoms with E-state index < -0.39 is 0 Å². The van der Waals surface area contributed by atoms with Crippen molar-refractivity contribution < 1.29 is 9.53 Å². The summed E-state index contributed by atoms with van der Waals surface area (Å²) < 4.78 is 4.99. The molecular formula is C14H20N2O2. The van der Waals surface area contributed by atoms with Crippen LogP contribution in [0.15, 0.2) is 18.2 Å². The quantitative estimate of drug-likeness (QED) is 0.635. The van der Waals surface area contributed by atoms with Crippen LogP contribution in [-0.2, 0) is 4.74 Å². The number of nitrogens with one attached hydrogen (secondary N) is 1. The molecule has 1 aromatic rings. The summed E-state index contributed by atoms with van der Waals surface area (Å²) in [4.78, 5) is 11.7. The van der Waals surface area contributed by atoms with Gasteiger partial charge in [-0.25, -0.2) is 4.79 Å². The van der Waals surface area contributed by atoms with Gasteiger partial charge in [0.2, 0.25) is 0 Å². The Hall–Kier alpha value is -1.71. The third-order valence-electron chi connectivity index (χ3n) is 3.46. The monoisotopic (exact) mass is 248 g/mol. The van der Waals surface area contributed by atoms with Crippen LogP contribution in [0.25, 0.3) is 0 Å². The van der Waals surface area contributed by atoms with Gasteiger partial charge < -0.3 is 15.8 Å². The number of nitrogens with two attached hydrogens (primary N) is 1. The molecule has 4 nitrogen and oxygen atoms in total. The number of carbonyl (C=O) groups is 1. The van der Waals surface area contributed by atoms with Crippen LogP contribution in [-0.4, -0.2) is 18.1 Å². The van der Waals surface area contributed by atoms with Crippen molar-refractivity contribution in [3.05, 3.63) is 23.8 Å². The van der Waals surface area contributed by atoms with Gasteiger partial charge >= 0.3 is 5.97 Å². The molecule has 0 amide bonds. The Morgan fingerprint density at radius 2 is 2.22 bits per heavy atom. The molecule has 1 aliphatic rings. The van der Waals surface area contributed by atoms with Crippen LogP contribution in [0, 0.1) is 0 Å². The average molecular weight is 248 g/mol. The molecule has 1 saturated carbocycles. The van der Waals surface area contributed by atoms with E-state index in [1.54, 1.807) is 25.1 Å². The highest BCUT2D eigenvalue weighted by molar-refractivity contribution is 5.92. The van der Waals surface area contributed by atoms with Gasteiger partial charge in [0.15, 0.2) is 0 Å². The standard InChI is InChI=1S/C14H20N2O2/c1-3-18-13(17)10-5-6-11(15)12(9-10)16-14(2)7-4-8-14/h5-6,9,16H,3-4,7-8,15H2,1-2H3. The maximum absolute atomic E-state index is 11.7. The van der Waals surface area contributed by atoms with Crippen molar-refractivity contribution in [3.63, 3.8) is 0 Å². The van der Waals surface area contributed by atoms with E-state index >= 15 is 0 Å². The lowest BCUT2D eigenvalue weighted by atomic mass is 9.78. The van der Waals surface area contributed by atoms with E-state index in [0.717, 1.165) is 18.5 Å². The van der Waals surface area contributed by atoms with E-state index in [0.29, 0.717) is 17.9 Å². The number of benzene rings is 1. The van der Waals surface area contributed by atoms with Crippen molar-refractivity contribution in [1.82, 2.24) is 0 Å². The number of ether oxygens (including phenoxy) is 1. The van der Waals surface area contributed by atoms with Gasteiger partial charge in [0.25, 0.3) is 0 Å². The first kappa shape index (κ1) is 12.7. The molecule has 1 fully saturated rings. The molecule has 0 aliphatic heterocycles. The fraction of sp³-hybridized carbons (Fsp3) is 0.500. The third kappa shape index (κ3) is 2.58. The van der Waals surface area contributed by atoms with E-state index in [1.165, 1.54) is 6.42 Å². The largest absolute Gasteiger partial charge is 0.462 e. The van der Waals surface area contributed by atoms with Crippen LogP contribution < -0.4 is 11.1 Å². The molecule has 18 heavy (non-hydrogen) atoms. The molecule has 0 bridgehead atoms. The van der Waals surface area contributed by atoms with Crippen LogP contribution in [0.2, 0.25) is 0 Å². The molecule has 0 radical (unpaired) electrons. The van der Waals surface area contributed by atoms with Gasteiger partial charge in [-0.15, -0.1) is 0 Å². The van der Waals surface area contributed by atoms with Gasteiger partial charge in [0.05, 0.1) is 23.5 Å². The second-order valence-corrected chi connectivity index (χ2v) is 5.06. The Balaban J connectivity index is 2.18. The molecule has 0 heterocycles. The van der Waals surface area contributed by atoms with E-state index in [4.69, 9.17) is 10.5 Å². The lowest BCUT2D eigenvalue weighted by Crippen LogP contribution is -2.41. The maximum Gasteiger partial charge on any atom is 0.338 e. The van der Waals surface area contributed by atoms with Crippen LogP contribution in [0.1, 0.15) is 43.5 Å². The highest BCUT2D eigenvalue weighted by Crippen LogP contribution is 2.36. The summed E-state index contributed by atoms with van der Waals surface area (Å²) in [6, 6.07) is 5.22. The van der Waals surface area contributed by atoms with Gasteiger partial charge in [-0.2, -0.15) is 0 Å². The smallest absolute Gasteiger partial charge is 0.338 e. The van der Waals surface area contributed by atoms with Crippen LogP contribution in [0.5, 0.6) is 0 Å². The molecule has 0 saturated heterocycles. The zero-order valence-electron chi connectivity index (χ0n) is 11.0. The van der Waals surface area contributed by atoms with Crippen molar-refractivity contribution in [1.29, 1.82) is 0 Å². The molecule has 1 aliphatic carbocycles. The number of nitrogen functional groups attached to an aromatic ring is 1. The van der Waals surface area contributed by atoms with E-state index in [-0.39, 0.29) is 11.5 Å². The van der Waals surface area contributed by atoms with Crippen molar-refractivity contribution in [3.8, 4) is 0 Å². The number of rotatable bonds is 4. The predicted molar refractivity (Wildman–Crippen MR) is 72.7 cm³/mol. The summed E-state index contributed by atoms with van der Waals surface area (Å²) in [6.45, 7) is 4.35. The lowest BCUT2D eigenvalue weighted by molar-refractivity contribution is 0.0526. The molecule has 4 heteroatoms. The predicted octanol–water partition coefficient (Wildman–Crippen LogP) is 2.80. The van der Waals surface area contributed by atoms with E-state index in [9.17, 15) is 4.79 Å². The minimum Gasteiger partial charge on any atom is -0.462 e. The maximum atomic E-state index is 11.7. The first-order chi connectivity index (χ1) is 8.54. The van der Waals surface area contributed by atoms with Crippen molar-refractivity contribution >= 4 is 17.3 Å². The van der Waals surface area contributed by atoms with Gasteiger partial charge in [-0.3, -0.25) is 0 Å². The summed E-state index contributed by atoms with van der Waals surface area (Å²) in [5, 5.41) is 3.43. The van der Waals surface area contributed by atoms with Gasteiger partial charge in [0, 0.05) is 5.54 Å². The Morgan fingerprint density at radius 1 is 1.50 bits per heavy atom. The minimum atomic E-state index is -0.306. The number of carbonyl (C=O) groups excluding carboxylic acids is 1. The third-order valence-corrected chi connectivity index (χ3v) is 3.46. The number of anilines is 2. The summed E-state index contributed by atoms with van der Waals surface area (Å²) >= 11 is 0. The zero-order chi connectivity index (χ0) is 13.2. The molecule has 98 valence electrons. The molecule has 0 atom stereocenters. The summed E-state index contributed by atoms with van der Waals surface area (Å²) in [7, 11) is 0. The van der Waals surface area contributed by atoms with Crippen LogP contribution in [0.4, 0.5) is 11.4 Å². The van der Waals surface area contributed by atoms with Crippen LogP contribution >= 0.6 is 0 Å². The lowest BCUT2D eigenvalue weighted by Gasteiger charge is -2.40. The van der Waals surface area contributed by atoms with Crippen molar-refractivity contribution in [2.45, 2.75) is 38.6 Å². The van der Waals surface area contributed by atoms with E-state index in [1.807, 2.05) is 0 Å². The number of esters is 1. The Bertz CT molecular complexity index is 453. The van der Waals surface area contributed by atoms with Crippen LogP contribution in [0.3, 0.4) is 0 Å². The molecule has 1 aromatic carbocycles. The molecule has 0 unspecified atom stereocenters. The second kappa shape index (κ2) is 4.88. The summed E-state index contributed by atoms with van der Waals surface area (Å²) in [5.74, 6) is -0.306. The first-order valence-electron chi connectivity index (χ1n) is 6.39. The second-order valence-electron chi connectivity index (χ2n) is 5.06. The molecule has 3 N–H and O–H groups in total. The van der Waals surface area contributed by atoms with Gasteiger partial charge in [-0.05, 0) is 51.3 Å². The van der Waals surface area contributed by atoms with E-state index in [2.05, 4.69) is 12.2 Å². The summed E-state index contributed by atoms with van der Waals surface area (Å²) in [5.41, 5.74) is 8.07. The number of hydrogen-bond acceptors (Lipinski definition) is 4. The average Bonchev–Trinajstić information content (AvgIpc) is 2.30. The Kier molecular flexibility index (Phi) is 3.45. The highest BCUT2D eigenvalue weighted by atomic mass is 16.5. The summed E-state index contributed by atoms with van der Waals surface area (Å²) in [6.07, 6.45) is 3.51. The molecule has 0 spiro atoms. The molecule has 2 rings (SSSR count). The Labute approximate surface area is 108 Å². The first-order valence-corrected chi connectivity index (χ1v) is 6.39. The highest BCUT2D eigenvalue weighted by Gasteiger charge is 2.31. The normalized spacial score (nSPS) is 16.8. The fourth-order valence-electron chi connectivity index (χ4n) is 2.16. The van der Waals surface area contributed by atoms with Gasteiger partial charge in [-0.1, -0.05) is 0 Å². The SMILES string of the molecule is CCOC(=O)c1ccc(N)c(NC2(C)CCC2)c1. The fourth-order valence-corrected chi connectivity index (χ4v) is 2.16. The van der Waals surface area contributed by atoms with Crippen molar-refractivity contribution in [2.75, 3.05) is 17.7 Å². The molecule has 0 aromatic heterocycles. The number of hydrogen-bond donors (Lipinski definition) is 2. The van der Waals surface area contributed by atoms with Crippen molar-refractivity contribution in [2.24, 2.45) is 0 Å². The molecular weight excluding hydrogens is 228 g/mol.